The van der Waals surface area contributed by atoms with E-state index in [0.717, 1.165) is 23.4 Å². The van der Waals surface area contributed by atoms with Crippen LogP contribution in [0, 0.1) is 0 Å². The van der Waals surface area contributed by atoms with Gasteiger partial charge in [0.25, 0.3) is 0 Å². The molecule has 148 valence electrons. The van der Waals surface area contributed by atoms with Gasteiger partial charge in [0.15, 0.2) is 5.96 Å². The fraction of sp³-hybridized carbons (Fsp3) is 0.300. The predicted octanol–water partition coefficient (Wildman–Crippen LogP) is 3.50. The second-order valence-corrected chi connectivity index (χ2v) is 6.54. The summed E-state index contributed by atoms with van der Waals surface area (Å²) in [6.07, 6.45) is -3.97. The number of fused-ring (bicyclic) bond motifs is 1. The van der Waals surface area contributed by atoms with E-state index >= 15 is 0 Å². The van der Waals surface area contributed by atoms with E-state index in [1.807, 2.05) is 24.3 Å². The van der Waals surface area contributed by atoms with Crippen LogP contribution in [-0.4, -0.2) is 25.5 Å². The van der Waals surface area contributed by atoms with Crippen molar-refractivity contribution >= 4 is 17.6 Å². The van der Waals surface area contributed by atoms with Crippen molar-refractivity contribution in [2.24, 2.45) is 4.99 Å². The number of carbonyl (C=O) groups is 1. The largest absolute Gasteiger partial charge is 0.416 e. The molecule has 0 bridgehead atoms. The highest BCUT2D eigenvalue weighted by Gasteiger charge is 2.30. The summed E-state index contributed by atoms with van der Waals surface area (Å²) in [6, 6.07) is 12.7. The van der Waals surface area contributed by atoms with E-state index < -0.39 is 11.7 Å². The zero-order valence-corrected chi connectivity index (χ0v) is 15.3. The maximum atomic E-state index is 12.6. The van der Waals surface area contributed by atoms with Crippen molar-refractivity contribution in [1.82, 2.24) is 10.6 Å². The lowest BCUT2D eigenvalue weighted by Crippen LogP contribution is -2.40. The number of aliphatic imine (C=N–C) groups is 1. The van der Waals surface area contributed by atoms with Crippen molar-refractivity contribution in [3.05, 3.63) is 65.2 Å². The average Bonchev–Trinajstić information content (AvgIpc) is 2.67. The van der Waals surface area contributed by atoms with Gasteiger partial charge in [-0.15, -0.1) is 0 Å². The van der Waals surface area contributed by atoms with E-state index in [2.05, 4.69) is 20.9 Å². The van der Waals surface area contributed by atoms with Gasteiger partial charge in [0.1, 0.15) is 0 Å². The SMILES string of the molecule is CN=C(NCc1ccc(C(F)(F)F)cc1)NCC1CC(=O)Nc2ccccc21. The fourth-order valence-corrected chi connectivity index (χ4v) is 3.12. The fourth-order valence-electron chi connectivity index (χ4n) is 3.12. The van der Waals surface area contributed by atoms with Gasteiger partial charge in [-0.1, -0.05) is 30.3 Å². The number of alkyl halides is 3. The van der Waals surface area contributed by atoms with Crippen LogP contribution in [0.3, 0.4) is 0 Å². The normalized spacial score (nSPS) is 16.9. The Morgan fingerprint density at radius 2 is 1.86 bits per heavy atom. The van der Waals surface area contributed by atoms with Crippen molar-refractivity contribution in [3.63, 3.8) is 0 Å². The van der Waals surface area contributed by atoms with Gasteiger partial charge in [0.05, 0.1) is 5.56 Å². The second-order valence-electron chi connectivity index (χ2n) is 6.54. The quantitative estimate of drug-likeness (QED) is 0.553. The molecule has 3 rings (SSSR count). The van der Waals surface area contributed by atoms with Crippen molar-refractivity contribution in [2.45, 2.75) is 25.1 Å². The average molecular weight is 390 g/mol. The minimum Gasteiger partial charge on any atom is -0.356 e. The number of amides is 1. The zero-order chi connectivity index (χ0) is 20.1. The van der Waals surface area contributed by atoms with Gasteiger partial charge >= 0.3 is 6.18 Å². The molecule has 5 nitrogen and oxygen atoms in total. The van der Waals surface area contributed by atoms with Crippen LogP contribution in [0.15, 0.2) is 53.5 Å². The molecule has 0 saturated heterocycles. The minimum absolute atomic E-state index is 0.00886. The third kappa shape index (κ3) is 4.82. The Balaban J connectivity index is 1.56. The molecule has 1 amide bonds. The lowest BCUT2D eigenvalue weighted by Gasteiger charge is -2.26. The summed E-state index contributed by atoms with van der Waals surface area (Å²) < 4.78 is 37.9. The number of carbonyl (C=O) groups excluding carboxylic acids is 1. The van der Waals surface area contributed by atoms with Crippen molar-refractivity contribution in [3.8, 4) is 0 Å². The van der Waals surface area contributed by atoms with Crippen LogP contribution in [0.2, 0.25) is 0 Å². The summed E-state index contributed by atoms with van der Waals surface area (Å²) in [4.78, 5) is 16.0. The Kier molecular flexibility index (Phi) is 5.87. The van der Waals surface area contributed by atoms with E-state index in [4.69, 9.17) is 0 Å². The number of rotatable bonds is 4. The summed E-state index contributed by atoms with van der Waals surface area (Å²) in [5.74, 6) is 0.496. The summed E-state index contributed by atoms with van der Waals surface area (Å²) in [5, 5.41) is 9.12. The van der Waals surface area contributed by atoms with Gasteiger partial charge < -0.3 is 16.0 Å². The first-order valence-electron chi connectivity index (χ1n) is 8.86. The molecule has 0 saturated carbocycles. The molecule has 1 heterocycles. The lowest BCUT2D eigenvalue weighted by atomic mass is 9.90. The molecule has 1 unspecified atom stereocenters. The van der Waals surface area contributed by atoms with Crippen LogP contribution in [0.1, 0.15) is 29.0 Å². The number of nitrogens with one attached hydrogen (secondary N) is 3. The molecule has 1 aliphatic heterocycles. The molecular formula is C20H21F3N4O. The summed E-state index contributed by atoms with van der Waals surface area (Å²) in [5.41, 5.74) is 1.91. The Morgan fingerprint density at radius 1 is 1.14 bits per heavy atom. The first-order valence-corrected chi connectivity index (χ1v) is 8.86. The standard InChI is InChI=1S/C20H21F3N4O/c1-24-19(25-11-13-6-8-15(9-7-13)20(21,22)23)26-12-14-10-18(28)27-17-5-3-2-4-16(14)17/h2-9,14H,10-12H2,1H3,(H,27,28)(H2,24,25,26). The van der Waals surface area contributed by atoms with Crippen LogP contribution in [0.25, 0.3) is 0 Å². The Labute approximate surface area is 161 Å². The van der Waals surface area contributed by atoms with Gasteiger partial charge in [-0.2, -0.15) is 13.2 Å². The number of para-hydroxylation sites is 1. The minimum atomic E-state index is -4.34. The van der Waals surface area contributed by atoms with Crippen molar-refractivity contribution in [2.75, 3.05) is 18.9 Å². The number of benzene rings is 2. The lowest BCUT2D eigenvalue weighted by molar-refractivity contribution is -0.137. The highest BCUT2D eigenvalue weighted by atomic mass is 19.4. The van der Waals surface area contributed by atoms with E-state index in [-0.39, 0.29) is 11.8 Å². The first kappa shape index (κ1) is 19.7. The molecule has 0 radical (unpaired) electrons. The maximum Gasteiger partial charge on any atom is 0.416 e. The molecule has 0 fully saturated rings. The highest BCUT2D eigenvalue weighted by molar-refractivity contribution is 5.94. The zero-order valence-electron chi connectivity index (χ0n) is 15.3. The van der Waals surface area contributed by atoms with Gasteiger partial charge in [0.2, 0.25) is 5.91 Å². The van der Waals surface area contributed by atoms with Crippen LogP contribution < -0.4 is 16.0 Å². The van der Waals surface area contributed by atoms with Crippen molar-refractivity contribution < 1.29 is 18.0 Å². The molecule has 0 aromatic heterocycles. The molecule has 1 aliphatic rings. The molecular weight excluding hydrogens is 369 g/mol. The molecule has 2 aromatic carbocycles. The molecule has 3 N–H and O–H groups in total. The predicted molar refractivity (Wildman–Crippen MR) is 102 cm³/mol. The molecule has 8 heteroatoms. The van der Waals surface area contributed by atoms with E-state index in [1.165, 1.54) is 12.1 Å². The maximum absolute atomic E-state index is 12.6. The van der Waals surface area contributed by atoms with Gasteiger partial charge in [0, 0.05) is 38.2 Å². The van der Waals surface area contributed by atoms with Gasteiger partial charge in [-0.05, 0) is 29.3 Å². The molecule has 1 atom stereocenters. The second kappa shape index (κ2) is 8.33. The summed E-state index contributed by atoms with van der Waals surface area (Å²) in [7, 11) is 1.61. The van der Waals surface area contributed by atoms with Gasteiger partial charge in [-0.3, -0.25) is 9.79 Å². The number of hydrogen-bond acceptors (Lipinski definition) is 2. The van der Waals surface area contributed by atoms with Crippen molar-refractivity contribution in [1.29, 1.82) is 0 Å². The van der Waals surface area contributed by atoms with Crippen LogP contribution in [0.5, 0.6) is 0 Å². The Morgan fingerprint density at radius 3 is 2.54 bits per heavy atom. The van der Waals surface area contributed by atoms with Crippen LogP contribution >= 0.6 is 0 Å². The third-order valence-electron chi connectivity index (χ3n) is 4.59. The van der Waals surface area contributed by atoms with Crippen LogP contribution in [-0.2, 0) is 17.5 Å². The van der Waals surface area contributed by atoms with E-state index in [1.54, 1.807) is 7.05 Å². The number of guanidine groups is 1. The molecule has 0 spiro atoms. The topological polar surface area (TPSA) is 65.5 Å². The number of anilines is 1. The molecule has 0 aliphatic carbocycles. The first-order chi connectivity index (χ1) is 13.4. The smallest absolute Gasteiger partial charge is 0.356 e. The third-order valence-corrected chi connectivity index (χ3v) is 4.59. The summed E-state index contributed by atoms with van der Waals surface area (Å²) >= 11 is 0. The highest BCUT2D eigenvalue weighted by Crippen LogP contribution is 2.31. The Bertz CT molecular complexity index is 862. The number of hydrogen-bond donors (Lipinski definition) is 3. The molecule has 28 heavy (non-hydrogen) atoms. The van der Waals surface area contributed by atoms with Crippen LogP contribution in [0.4, 0.5) is 18.9 Å². The Hall–Kier alpha value is -3.03. The number of halogens is 3. The van der Waals surface area contributed by atoms with E-state index in [0.29, 0.717) is 31.0 Å². The molecule has 2 aromatic rings. The number of nitrogens with zero attached hydrogens (tertiary/aromatic N) is 1. The monoisotopic (exact) mass is 390 g/mol. The van der Waals surface area contributed by atoms with Gasteiger partial charge in [-0.25, -0.2) is 0 Å². The summed E-state index contributed by atoms with van der Waals surface area (Å²) in [6.45, 7) is 0.844. The van der Waals surface area contributed by atoms with E-state index in [9.17, 15) is 18.0 Å².